The monoisotopic (exact) mass is 192 g/mol. The van der Waals surface area contributed by atoms with E-state index < -0.39 is 0 Å². The average Bonchev–Trinajstić information content (AvgIpc) is 2.17. The van der Waals surface area contributed by atoms with Crippen molar-refractivity contribution in [1.82, 2.24) is 0 Å². The highest BCUT2D eigenvalue weighted by molar-refractivity contribution is 6.31. The van der Waals surface area contributed by atoms with Gasteiger partial charge in [0.1, 0.15) is 6.29 Å². The third kappa shape index (κ3) is 1.52. The summed E-state index contributed by atoms with van der Waals surface area (Å²) in [5.41, 5.74) is 3.17. The molecule has 13 heavy (non-hydrogen) atoms. The van der Waals surface area contributed by atoms with Crippen LogP contribution in [0.2, 0.25) is 0 Å². The minimum atomic E-state index is 0.679. The lowest BCUT2D eigenvalue weighted by Crippen LogP contribution is -2.06. The first kappa shape index (κ1) is 8.52. The molecule has 0 amide bonds. The molecule has 1 nitrogen and oxygen atoms in total. The van der Waals surface area contributed by atoms with E-state index in [-0.39, 0.29) is 0 Å². The van der Waals surface area contributed by atoms with Crippen molar-refractivity contribution in [2.45, 2.75) is 12.8 Å². The highest BCUT2D eigenvalue weighted by Gasteiger charge is 2.15. The molecule has 1 aromatic rings. The Morgan fingerprint density at radius 1 is 1.15 bits per heavy atom. The van der Waals surface area contributed by atoms with E-state index in [0.717, 1.165) is 11.9 Å². The fraction of sp³-hybridized carbons (Fsp3) is 0.182. The number of carbonyl (C=O) groups excluding carboxylic acids is 1. The lowest BCUT2D eigenvalue weighted by atomic mass is 9.92. The van der Waals surface area contributed by atoms with Gasteiger partial charge in [-0.3, -0.25) is 4.79 Å². The predicted molar refractivity (Wildman–Crippen MR) is 52.8 cm³/mol. The van der Waals surface area contributed by atoms with Crippen LogP contribution in [0.4, 0.5) is 0 Å². The fourth-order valence-electron chi connectivity index (χ4n) is 1.59. The number of hydrogen-bond donors (Lipinski definition) is 0. The Kier molecular flexibility index (Phi) is 2.19. The Labute approximate surface area is 82.0 Å². The second-order valence-electron chi connectivity index (χ2n) is 3.17. The quantitative estimate of drug-likeness (QED) is 0.625. The van der Waals surface area contributed by atoms with Gasteiger partial charge in [-0.1, -0.05) is 35.9 Å². The molecular formula is C11H9ClO. The zero-order chi connectivity index (χ0) is 9.26. The van der Waals surface area contributed by atoms with E-state index in [1.165, 1.54) is 11.1 Å². The standard InChI is InChI=1S/C11H9ClO/c12-11-6-9-4-2-1-3-8(9)5-10(11)7-13/h1-4,7H,5-6H2. The van der Waals surface area contributed by atoms with Crippen LogP contribution in [0.3, 0.4) is 0 Å². The lowest BCUT2D eigenvalue weighted by Gasteiger charge is -2.15. The Morgan fingerprint density at radius 3 is 2.38 bits per heavy atom. The van der Waals surface area contributed by atoms with Gasteiger partial charge < -0.3 is 0 Å². The van der Waals surface area contributed by atoms with Gasteiger partial charge in [-0.15, -0.1) is 0 Å². The highest BCUT2D eigenvalue weighted by atomic mass is 35.5. The summed E-state index contributed by atoms with van der Waals surface area (Å²) in [6.07, 6.45) is 2.24. The van der Waals surface area contributed by atoms with Crippen LogP contribution in [0, 0.1) is 0 Å². The smallest absolute Gasteiger partial charge is 0.147 e. The minimum absolute atomic E-state index is 0.679. The Hall–Kier alpha value is -1.08. The van der Waals surface area contributed by atoms with Crippen LogP contribution < -0.4 is 0 Å². The van der Waals surface area contributed by atoms with Gasteiger partial charge in [-0.2, -0.15) is 0 Å². The molecule has 0 radical (unpaired) electrons. The zero-order valence-corrected chi connectivity index (χ0v) is 7.84. The predicted octanol–water partition coefficient (Wildman–Crippen LogP) is 2.48. The summed E-state index contributed by atoms with van der Waals surface area (Å²) in [7, 11) is 0. The molecule has 0 bridgehead atoms. The topological polar surface area (TPSA) is 17.1 Å². The number of carbonyl (C=O) groups is 1. The van der Waals surface area contributed by atoms with Crippen LogP contribution in [0.5, 0.6) is 0 Å². The molecule has 1 aliphatic rings. The van der Waals surface area contributed by atoms with Gasteiger partial charge in [0.2, 0.25) is 0 Å². The van der Waals surface area contributed by atoms with Crippen LogP contribution >= 0.6 is 11.6 Å². The summed E-state index contributed by atoms with van der Waals surface area (Å²) in [6, 6.07) is 8.08. The number of halogens is 1. The van der Waals surface area contributed by atoms with Crippen LogP contribution in [0.15, 0.2) is 34.9 Å². The molecular weight excluding hydrogens is 184 g/mol. The normalized spacial score (nSPS) is 15.5. The summed E-state index contributed by atoms with van der Waals surface area (Å²) in [4.78, 5) is 10.6. The molecule has 1 aliphatic carbocycles. The molecule has 0 saturated heterocycles. The van der Waals surface area contributed by atoms with E-state index in [2.05, 4.69) is 6.07 Å². The first-order valence-corrected chi connectivity index (χ1v) is 4.58. The molecule has 0 atom stereocenters. The number of hydrogen-bond acceptors (Lipinski definition) is 1. The van der Waals surface area contributed by atoms with Crippen molar-refractivity contribution in [3.8, 4) is 0 Å². The third-order valence-corrected chi connectivity index (χ3v) is 2.71. The lowest BCUT2D eigenvalue weighted by molar-refractivity contribution is -0.105. The van der Waals surface area contributed by atoms with Crippen molar-refractivity contribution < 1.29 is 4.79 Å². The summed E-state index contributed by atoms with van der Waals surface area (Å²) < 4.78 is 0. The van der Waals surface area contributed by atoms with Crippen LogP contribution in [0.1, 0.15) is 11.1 Å². The molecule has 0 saturated carbocycles. The second-order valence-corrected chi connectivity index (χ2v) is 3.63. The molecule has 66 valence electrons. The Morgan fingerprint density at radius 2 is 1.77 bits per heavy atom. The molecule has 0 aliphatic heterocycles. The van der Waals surface area contributed by atoms with Crippen LogP contribution in [-0.4, -0.2) is 6.29 Å². The number of benzene rings is 1. The number of allylic oxidation sites excluding steroid dienone is 2. The van der Waals surface area contributed by atoms with E-state index in [9.17, 15) is 4.79 Å². The molecule has 1 aromatic carbocycles. The minimum Gasteiger partial charge on any atom is -0.298 e. The van der Waals surface area contributed by atoms with Crippen LogP contribution in [0.25, 0.3) is 0 Å². The maximum Gasteiger partial charge on any atom is 0.147 e. The van der Waals surface area contributed by atoms with Crippen molar-refractivity contribution in [2.75, 3.05) is 0 Å². The Bertz CT molecular complexity index is 379. The second kappa shape index (κ2) is 3.35. The third-order valence-electron chi connectivity index (χ3n) is 2.34. The molecule has 0 unspecified atom stereocenters. The molecule has 0 fully saturated rings. The van der Waals surface area contributed by atoms with Gasteiger partial charge in [0, 0.05) is 23.4 Å². The van der Waals surface area contributed by atoms with Gasteiger partial charge >= 0.3 is 0 Å². The first-order chi connectivity index (χ1) is 6.31. The van der Waals surface area contributed by atoms with Crippen molar-refractivity contribution in [3.05, 3.63) is 46.0 Å². The Balaban J connectivity index is 2.42. The first-order valence-electron chi connectivity index (χ1n) is 4.20. The van der Waals surface area contributed by atoms with E-state index in [1.807, 2.05) is 18.2 Å². The van der Waals surface area contributed by atoms with Gasteiger partial charge in [-0.25, -0.2) is 0 Å². The van der Waals surface area contributed by atoms with Crippen LogP contribution in [-0.2, 0) is 17.6 Å². The SMILES string of the molecule is O=CC1=C(Cl)Cc2ccccc2C1. The summed E-state index contributed by atoms with van der Waals surface area (Å²) in [5, 5.41) is 0.689. The van der Waals surface area contributed by atoms with Gasteiger partial charge in [-0.05, 0) is 11.1 Å². The molecule has 0 aromatic heterocycles. The largest absolute Gasteiger partial charge is 0.298 e. The molecule has 0 spiro atoms. The summed E-state index contributed by atoms with van der Waals surface area (Å²) >= 11 is 5.96. The highest BCUT2D eigenvalue weighted by Crippen LogP contribution is 2.26. The van der Waals surface area contributed by atoms with E-state index >= 15 is 0 Å². The van der Waals surface area contributed by atoms with E-state index in [0.29, 0.717) is 17.9 Å². The molecule has 2 heteroatoms. The van der Waals surface area contributed by atoms with Crippen molar-refractivity contribution in [3.63, 3.8) is 0 Å². The van der Waals surface area contributed by atoms with Crippen molar-refractivity contribution >= 4 is 17.9 Å². The van der Waals surface area contributed by atoms with E-state index in [4.69, 9.17) is 11.6 Å². The maximum absolute atomic E-state index is 10.6. The summed E-state index contributed by atoms with van der Waals surface area (Å²) in [5.74, 6) is 0. The van der Waals surface area contributed by atoms with Crippen molar-refractivity contribution in [2.24, 2.45) is 0 Å². The van der Waals surface area contributed by atoms with Gasteiger partial charge in [0.25, 0.3) is 0 Å². The molecule has 0 heterocycles. The maximum atomic E-state index is 10.6. The van der Waals surface area contributed by atoms with Crippen molar-refractivity contribution in [1.29, 1.82) is 0 Å². The number of fused-ring (bicyclic) bond motifs is 1. The fourth-order valence-corrected chi connectivity index (χ4v) is 1.85. The molecule has 2 rings (SSSR count). The van der Waals surface area contributed by atoms with Gasteiger partial charge in [0.05, 0.1) is 0 Å². The molecule has 0 N–H and O–H groups in total. The zero-order valence-electron chi connectivity index (χ0n) is 7.09. The average molecular weight is 193 g/mol. The van der Waals surface area contributed by atoms with E-state index in [1.54, 1.807) is 0 Å². The number of rotatable bonds is 1. The summed E-state index contributed by atoms with van der Waals surface area (Å²) in [6.45, 7) is 0. The van der Waals surface area contributed by atoms with Gasteiger partial charge in [0.15, 0.2) is 0 Å². The number of aldehydes is 1.